The Morgan fingerprint density at radius 1 is 1.08 bits per heavy atom. The number of Topliss-reactive ketones (excluding diaryl/α,β-unsaturated/α-hetero) is 1. The lowest BCUT2D eigenvalue weighted by Gasteiger charge is -2.07. The molecule has 0 atom stereocenters. The van der Waals surface area contributed by atoms with Crippen molar-refractivity contribution < 1.29 is 13.2 Å². The molecule has 0 saturated heterocycles. The highest BCUT2D eigenvalue weighted by Crippen LogP contribution is 2.34. The molecule has 25 heavy (non-hydrogen) atoms. The van der Waals surface area contributed by atoms with E-state index >= 15 is 0 Å². The van der Waals surface area contributed by atoms with Crippen LogP contribution in [0.25, 0.3) is 0 Å². The highest BCUT2D eigenvalue weighted by Gasteiger charge is 2.11. The fourth-order valence-electron chi connectivity index (χ4n) is 2.08. The van der Waals surface area contributed by atoms with E-state index in [2.05, 4.69) is 4.72 Å². The molecule has 1 N–H and O–H groups in total. The maximum Gasteiger partial charge on any atom is 0.208 e. The molecule has 2 rings (SSSR count). The molecule has 0 spiro atoms. The van der Waals surface area contributed by atoms with Gasteiger partial charge in [-0.25, -0.2) is 13.1 Å². The first-order valence-electron chi connectivity index (χ1n) is 7.40. The highest BCUT2D eigenvalue weighted by molar-refractivity contribution is 8.00. The first kappa shape index (κ1) is 20.3. The molecule has 4 nitrogen and oxygen atoms in total. The smallest absolute Gasteiger partial charge is 0.208 e. The van der Waals surface area contributed by atoms with Crippen molar-refractivity contribution in [2.45, 2.75) is 11.3 Å². The van der Waals surface area contributed by atoms with Gasteiger partial charge in [0.05, 0.1) is 22.1 Å². The van der Waals surface area contributed by atoms with Crippen LogP contribution < -0.4 is 4.72 Å². The number of halogens is 2. The largest absolute Gasteiger partial charge is 0.293 e. The van der Waals surface area contributed by atoms with E-state index in [1.807, 2.05) is 12.1 Å². The van der Waals surface area contributed by atoms with E-state index in [0.29, 0.717) is 33.5 Å². The van der Waals surface area contributed by atoms with Crippen LogP contribution in [0.1, 0.15) is 15.9 Å². The molecular weight excluding hydrogens is 401 g/mol. The zero-order valence-electron chi connectivity index (χ0n) is 13.5. The van der Waals surface area contributed by atoms with E-state index in [-0.39, 0.29) is 11.5 Å². The molecule has 0 saturated carbocycles. The maximum atomic E-state index is 12.3. The van der Waals surface area contributed by atoms with Gasteiger partial charge in [-0.2, -0.15) is 0 Å². The third-order valence-corrected chi connectivity index (χ3v) is 6.04. The first-order valence-corrected chi connectivity index (χ1v) is 11.0. The second-order valence-corrected chi connectivity index (χ2v) is 9.01. The molecule has 0 radical (unpaired) electrons. The summed E-state index contributed by atoms with van der Waals surface area (Å²) in [4.78, 5) is 13.0. The number of sulfonamides is 1. The lowest BCUT2D eigenvalue weighted by Crippen LogP contribution is -2.24. The average molecular weight is 418 g/mol. The van der Waals surface area contributed by atoms with Gasteiger partial charge in [0.1, 0.15) is 0 Å². The van der Waals surface area contributed by atoms with Gasteiger partial charge in [-0.05, 0) is 24.1 Å². The Kier molecular flexibility index (Phi) is 7.34. The summed E-state index contributed by atoms with van der Waals surface area (Å²) < 4.78 is 24.5. The van der Waals surface area contributed by atoms with Crippen LogP contribution in [0, 0.1) is 0 Å². The van der Waals surface area contributed by atoms with E-state index in [9.17, 15) is 13.2 Å². The molecule has 0 aliphatic rings. The molecule has 0 aromatic heterocycles. The third kappa shape index (κ3) is 6.64. The summed E-state index contributed by atoms with van der Waals surface area (Å²) >= 11 is 13.5. The fourth-order valence-corrected chi connectivity index (χ4v) is 4.13. The molecule has 8 heteroatoms. The van der Waals surface area contributed by atoms with Gasteiger partial charge in [-0.1, -0.05) is 53.5 Å². The predicted molar refractivity (Wildman–Crippen MR) is 105 cm³/mol. The number of thioether (sulfide) groups is 1. The number of hydrogen-bond donors (Lipinski definition) is 1. The van der Waals surface area contributed by atoms with Crippen LogP contribution in [0.2, 0.25) is 10.0 Å². The fraction of sp³-hybridized carbons (Fsp3) is 0.235. The molecule has 0 amide bonds. The van der Waals surface area contributed by atoms with Gasteiger partial charge >= 0.3 is 0 Å². The molecule has 2 aromatic rings. The molecule has 0 heterocycles. The van der Waals surface area contributed by atoms with E-state index in [4.69, 9.17) is 23.2 Å². The molecule has 0 unspecified atom stereocenters. The van der Waals surface area contributed by atoms with Gasteiger partial charge < -0.3 is 0 Å². The van der Waals surface area contributed by atoms with Crippen LogP contribution in [0.5, 0.6) is 0 Å². The van der Waals surface area contributed by atoms with Crippen molar-refractivity contribution in [1.82, 2.24) is 4.72 Å². The number of ketones is 1. The molecule has 134 valence electrons. The second-order valence-electron chi connectivity index (χ2n) is 5.38. The number of nitrogens with one attached hydrogen (secondary N) is 1. The van der Waals surface area contributed by atoms with Gasteiger partial charge in [0.2, 0.25) is 10.0 Å². The van der Waals surface area contributed by atoms with E-state index in [1.54, 1.807) is 30.3 Å². The second kappa shape index (κ2) is 9.05. The minimum atomic E-state index is -3.19. The minimum absolute atomic E-state index is 0.0261. The summed E-state index contributed by atoms with van der Waals surface area (Å²) in [5.41, 5.74) is 1.55. The number of rotatable bonds is 8. The van der Waals surface area contributed by atoms with Crippen molar-refractivity contribution >= 4 is 50.8 Å². The van der Waals surface area contributed by atoms with Crippen molar-refractivity contribution in [3.05, 3.63) is 63.6 Å². The zero-order chi connectivity index (χ0) is 18.4. The minimum Gasteiger partial charge on any atom is -0.293 e. The number of benzene rings is 2. The normalized spacial score (nSPS) is 11.5. The zero-order valence-corrected chi connectivity index (χ0v) is 16.6. The SMILES string of the molecule is CS(=O)(=O)NCCc1ccc(C(=O)CSc2c(Cl)cccc2Cl)cc1. The van der Waals surface area contributed by atoms with Crippen LogP contribution in [0.15, 0.2) is 47.4 Å². The average Bonchev–Trinajstić information content (AvgIpc) is 2.53. The molecule has 2 aromatic carbocycles. The van der Waals surface area contributed by atoms with Crippen LogP contribution in [0.3, 0.4) is 0 Å². The van der Waals surface area contributed by atoms with E-state index in [0.717, 1.165) is 11.8 Å². The van der Waals surface area contributed by atoms with Gasteiger partial charge in [-0.3, -0.25) is 4.79 Å². The van der Waals surface area contributed by atoms with E-state index < -0.39 is 10.0 Å². The lowest BCUT2D eigenvalue weighted by atomic mass is 10.1. The summed E-state index contributed by atoms with van der Waals surface area (Å²) in [5, 5.41) is 1.05. The number of carbonyl (C=O) groups excluding carboxylic acids is 1. The Labute approximate surface area is 162 Å². The number of hydrogen-bond acceptors (Lipinski definition) is 4. The summed E-state index contributed by atoms with van der Waals surface area (Å²) in [7, 11) is -3.19. The Morgan fingerprint density at radius 3 is 2.24 bits per heavy atom. The van der Waals surface area contributed by atoms with Gasteiger partial charge in [0.25, 0.3) is 0 Å². The summed E-state index contributed by atoms with van der Waals surface area (Å²) in [6.07, 6.45) is 1.68. The summed E-state index contributed by atoms with van der Waals surface area (Å²) in [6, 6.07) is 12.4. The lowest BCUT2D eigenvalue weighted by molar-refractivity contribution is 0.102. The monoisotopic (exact) mass is 417 g/mol. The third-order valence-electron chi connectivity index (χ3n) is 3.32. The molecule has 0 fully saturated rings. The van der Waals surface area contributed by atoms with Crippen molar-refractivity contribution in [1.29, 1.82) is 0 Å². The van der Waals surface area contributed by atoms with Crippen molar-refractivity contribution in [3.8, 4) is 0 Å². The molecular formula is C17H17Cl2NO3S2. The Balaban J connectivity index is 1.92. The molecule has 0 bridgehead atoms. The van der Waals surface area contributed by atoms with Crippen LogP contribution in [-0.4, -0.2) is 32.8 Å². The summed E-state index contributed by atoms with van der Waals surface area (Å²) in [5.74, 6) is 0.208. The van der Waals surface area contributed by atoms with Crippen LogP contribution in [-0.2, 0) is 16.4 Å². The van der Waals surface area contributed by atoms with Gasteiger partial charge in [-0.15, -0.1) is 11.8 Å². The highest BCUT2D eigenvalue weighted by atomic mass is 35.5. The molecule has 0 aliphatic carbocycles. The van der Waals surface area contributed by atoms with Crippen LogP contribution in [0.4, 0.5) is 0 Å². The Hall–Kier alpha value is -1.05. The standard InChI is InChI=1S/C17H17Cl2NO3S2/c1-25(22,23)20-10-9-12-5-7-13(8-6-12)16(21)11-24-17-14(18)3-2-4-15(17)19/h2-8,20H,9-11H2,1H3. The van der Waals surface area contributed by atoms with Gasteiger partial charge in [0.15, 0.2) is 5.78 Å². The van der Waals surface area contributed by atoms with Crippen molar-refractivity contribution in [2.24, 2.45) is 0 Å². The Morgan fingerprint density at radius 2 is 1.68 bits per heavy atom. The maximum absolute atomic E-state index is 12.3. The predicted octanol–water partition coefficient (Wildman–Crippen LogP) is 4.06. The molecule has 0 aliphatic heterocycles. The Bertz CT molecular complexity index is 832. The topological polar surface area (TPSA) is 63.2 Å². The summed E-state index contributed by atoms with van der Waals surface area (Å²) in [6.45, 7) is 0.326. The first-order chi connectivity index (χ1) is 11.8. The van der Waals surface area contributed by atoms with E-state index in [1.165, 1.54) is 11.8 Å². The van der Waals surface area contributed by atoms with Crippen molar-refractivity contribution in [3.63, 3.8) is 0 Å². The quantitative estimate of drug-likeness (QED) is 0.519. The van der Waals surface area contributed by atoms with Gasteiger partial charge in [0, 0.05) is 17.0 Å². The van der Waals surface area contributed by atoms with Crippen LogP contribution >= 0.6 is 35.0 Å². The number of carbonyl (C=O) groups is 1. The van der Waals surface area contributed by atoms with Crippen molar-refractivity contribution in [2.75, 3.05) is 18.6 Å².